The van der Waals surface area contributed by atoms with Gasteiger partial charge in [-0.1, -0.05) is 52.4 Å². The molecule has 0 saturated carbocycles. The second-order valence-corrected chi connectivity index (χ2v) is 6.31. The molecule has 1 aromatic rings. The number of hydrogen-bond acceptors (Lipinski definition) is 1. The van der Waals surface area contributed by atoms with Crippen molar-refractivity contribution in [2.24, 2.45) is 0 Å². The Morgan fingerprint density at radius 2 is 1.67 bits per heavy atom. The Kier molecular flexibility index (Phi) is 9.09. The van der Waals surface area contributed by atoms with Crippen LogP contribution in [0.1, 0.15) is 70.4 Å². The first-order valence-electron chi connectivity index (χ1n) is 7.98. The van der Waals surface area contributed by atoms with E-state index >= 15 is 0 Å². The van der Waals surface area contributed by atoms with Crippen molar-refractivity contribution in [3.05, 3.63) is 33.8 Å². The molecule has 1 unspecified atom stereocenters. The molecule has 0 amide bonds. The van der Waals surface area contributed by atoms with Gasteiger partial charge >= 0.3 is 0 Å². The maximum atomic E-state index is 14.0. The van der Waals surface area contributed by atoms with Crippen LogP contribution in [0.25, 0.3) is 0 Å². The summed E-state index contributed by atoms with van der Waals surface area (Å²) in [4.78, 5) is 0. The first kappa shape index (κ1) is 18.6. The van der Waals surface area contributed by atoms with Crippen LogP contribution in [0.3, 0.4) is 0 Å². The highest BCUT2D eigenvalue weighted by Gasteiger charge is 2.17. The van der Waals surface area contributed by atoms with Gasteiger partial charge in [-0.2, -0.15) is 0 Å². The summed E-state index contributed by atoms with van der Waals surface area (Å²) in [5.41, 5.74) is 0.436. The Balaban J connectivity index is 2.58. The Morgan fingerprint density at radius 3 is 2.33 bits per heavy atom. The van der Waals surface area contributed by atoms with Crippen molar-refractivity contribution in [1.29, 1.82) is 0 Å². The summed E-state index contributed by atoms with van der Waals surface area (Å²) >= 11 is 3.02. The molecule has 0 radical (unpaired) electrons. The van der Waals surface area contributed by atoms with Crippen molar-refractivity contribution in [3.8, 4) is 0 Å². The van der Waals surface area contributed by atoms with Gasteiger partial charge in [0, 0.05) is 11.6 Å². The molecular weight excluding hydrogens is 336 g/mol. The fraction of sp³-hybridized carbons (Fsp3) is 0.647. The van der Waals surface area contributed by atoms with Gasteiger partial charge in [0.05, 0.1) is 4.47 Å². The summed E-state index contributed by atoms with van der Waals surface area (Å²) in [5.74, 6) is -0.752. The predicted molar refractivity (Wildman–Crippen MR) is 88.5 cm³/mol. The van der Waals surface area contributed by atoms with Crippen LogP contribution < -0.4 is 5.32 Å². The lowest BCUT2D eigenvalue weighted by Gasteiger charge is -2.19. The van der Waals surface area contributed by atoms with Crippen LogP contribution in [0.5, 0.6) is 0 Å². The molecule has 1 N–H and O–H groups in total. The van der Waals surface area contributed by atoms with Crippen molar-refractivity contribution < 1.29 is 8.78 Å². The molecule has 21 heavy (non-hydrogen) atoms. The first-order chi connectivity index (χ1) is 10.1. The molecule has 0 bridgehead atoms. The SMILES string of the molecule is CCCCCCCCC(NCC)c1cc(F)c(Br)cc1F. The van der Waals surface area contributed by atoms with Gasteiger partial charge in [-0.3, -0.25) is 0 Å². The number of benzene rings is 1. The molecule has 1 nitrogen and oxygen atoms in total. The summed E-state index contributed by atoms with van der Waals surface area (Å²) in [6.07, 6.45) is 8.05. The first-order valence-corrected chi connectivity index (χ1v) is 8.77. The van der Waals surface area contributed by atoms with E-state index in [4.69, 9.17) is 0 Å². The summed E-state index contributed by atoms with van der Waals surface area (Å²) in [6.45, 7) is 4.94. The molecule has 120 valence electrons. The van der Waals surface area contributed by atoms with E-state index in [-0.39, 0.29) is 16.3 Å². The lowest BCUT2D eigenvalue weighted by molar-refractivity contribution is 0.453. The Labute approximate surface area is 135 Å². The van der Waals surface area contributed by atoms with Crippen molar-refractivity contribution in [2.75, 3.05) is 6.54 Å². The minimum Gasteiger partial charge on any atom is -0.310 e. The topological polar surface area (TPSA) is 12.0 Å². The van der Waals surface area contributed by atoms with Crippen LogP contribution in [0.15, 0.2) is 16.6 Å². The standard InChI is InChI=1S/C17H26BrF2N/c1-3-5-6-7-8-9-10-17(21-4-2)13-11-16(20)14(18)12-15(13)19/h11-12,17,21H,3-10H2,1-2H3. The Bertz CT molecular complexity index is 423. The fourth-order valence-electron chi connectivity index (χ4n) is 2.55. The van der Waals surface area contributed by atoms with Gasteiger partial charge in [0.25, 0.3) is 0 Å². The maximum absolute atomic E-state index is 14.0. The third-order valence-electron chi connectivity index (χ3n) is 3.71. The lowest BCUT2D eigenvalue weighted by Crippen LogP contribution is -2.22. The van der Waals surface area contributed by atoms with E-state index in [1.54, 1.807) is 0 Å². The molecule has 0 aliphatic rings. The monoisotopic (exact) mass is 361 g/mol. The zero-order valence-electron chi connectivity index (χ0n) is 13.0. The van der Waals surface area contributed by atoms with Crippen molar-refractivity contribution in [3.63, 3.8) is 0 Å². The summed E-state index contributed by atoms with van der Waals surface area (Å²) in [7, 11) is 0. The van der Waals surface area contributed by atoms with E-state index in [9.17, 15) is 8.78 Å². The van der Waals surface area contributed by atoms with Crippen LogP contribution >= 0.6 is 15.9 Å². The Morgan fingerprint density at radius 1 is 1.00 bits per heavy atom. The minimum atomic E-state index is -0.405. The molecule has 0 heterocycles. The van der Waals surface area contributed by atoms with Crippen LogP contribution in [0, 0.1) is 11.6 Å². The number of nitrogens with one attached hydrogen (secondary N) is 1. The molecule has 0 spiro atoms. The van der Waals surface area contributed by atoms with Gasteiger partial charge < -0.3 is 5.32 Å². The molecule has 1 aromatic carbocycles. The third-order valence-corrected chi connectivity index (χ3v) is 4.32. The molecule has 4 heteroatoms. The normalized spacial score (nSPS) is 12.6. The second-order valence-electron chi connectivity index (χ2n) is 5.45. The van der Waals surface area contributed by atoms with Gasteiger partial charge in [0.15, 0.2) is 0 Å². The molecule has 1 atom stereocenters. The smallest absolute Gasteiger partial charge is 0.137 e. The minimum absolute atomic E-state index is 0.108. The van der Waals surface area contributed by atoms with Crippen molar-refractivity contribution in [1.82, 2.24) is 5.32 Å². The van der Waals surface area contributed by atoms with Gasteiger partial charge in [0.1, 0.15) is 11.6 Å². The summed E-state index contributed by atoms with van der Waals surface area (Å²) in [6, 6.07) is 2.42. The highest BCUT2D eigenvalue weighted by molar-refractivity contribution is 9.10. The third kappa shape index (κ3) is 6.43. The van der Waals surface area contributed by atoms with E-state index in [1.807, 2.05) is 6.92 Å². The van der Waals surface area contributed by atoms with E-state index < -0.39 is 5.82 Å². The van der Waals surface area contributed by atoms with Gasteiger partial charge in [-0.15, -0.1) is 0 Å². The van der Waals surface area contributed by atoms with Crippen LogP contribution in [-0.4, -0.2) is 6.54 Å². The van der Waals surface area contributed by atoms with Gasteiger partial charge in [-0.05, 0) is 41.0 Å². The molecule has 0 aliphatic carbocycles. The fourth-order valence-corrected chi connectivity index (χ4v) is 2.86. The molecular formula is C17H26BrF2N. The summed E-state index contributed by atoms with van der Waals surface area (Å²) in [5, 5.41) is 3.27. The number of hydrogen-bond donors (Lipinski definition) is 1. The lowest BCUT2D eigenvalue weighted by atomic mass is 9.99. The highest BCUT2D eigenvalue weighted by Crippen LogP contribution is 2.27. The number of rotatable bonds is 10. The van der Waals surface area contributed by atoms with E-state index in [0.717, 1.165) is 25.8 Å². The summed E-state index contributed by atoms with van der Waals surface area (Å²) < 4.78 is 27.9. The van der Waals surface area contributed by atoms with Crippen molar-refractivity contribution in [2.45, 2.75) is 64.8 Å². The van der Waals surface area contributed by atoms with Gasteiger partial charge in [-0.25, -0.2) is 8.78 Å². The quantitative estimate of drug-likeness (QED) is 0.390. The largest absolute Gasteiger partial charge is 0.310 e. The van der Waals surface area contributed by atoms with E-state index in [2.05, 4.69) is 28.2 Å². The molecule has 0 aromatic heterocycles. The number of unbranched alkanes of at least 4 members (excludes halogenated alkanes) is 5. The Hall–Kier alpha value is -0.480. The average molecular weight is 362 g/mol. The molecule has 0 aliphatic heterocycles. The van der Waals surface area contributed by atoms with Gasteiger partial charge in [0.2, 0.25) is 0 Å². The highest BCUT2D eigenvalue weighted by atomic mass is 79.9. The zero-order valence-corrected chi connectivity index (χ0v) is 14.6. The predicted octanol–water partition coefficient (Wildman–Crippen LogP) is 6.13. The van der Waals surface area contributed by atoms with E-state index in [0.29, 0.717) is 5.56 Å². The second kappa shape index (κ2) is 10.3. The van der Waals surface area contributed by atoms with Crippen molar-refractivity contribution >= 4 is 15.9 Å². The maximum Gasteiger partial charge on any atom is 0.137 e. The number of halogens is 3. The molecule has 1 rings (SSSR count). The zero-order chi connectivity index (χ0) is 15.7. The van der Waals surface area contributed by atoms with Crippen LogP contribution in [-0.2, 0) is 0 Å². The molecule has 0 saturated heterocycles. The van der Waals surface area contributed by atoms with Crippen LogP contribution in [0.4, 0.5) is 8.78 Å². The van der Waals surface area contributed by atoms with E-state index in [1.165, 1.54) is 37.8 Å². The molecule has 0 fully saturated rings. The average Bonchev–Trinajstić information content (AvgIpc) is 2.45. The van der Waals surface area contributed by atoms with Crippen LogP contribution in [0.2, 0.25) is 0 Å².